The number of phenolic OH excluding ortho intramolecular Hbond substituents is 1. The lowest BCUT2D eigenvalue weighted by atomic mass is 10.1. The van der Waals surface area contributed by atoms with E-state index in [9.17, 15) is 19.1 Å². The van der Waals surface area contributed by atoms with Crippen LogP contribution in [0.2, 0.25) is 0 Å². The third-order valence-electron chi connectivity index (χ3n) is 4.04. The Morgan fingerprint density at radius 3 is 2.20 bits per heavy atom. The van der Waals surface area contributed by atoms with Crippen LogP contribution < -0.4 is 10.7 Å². The molecule has 3 N–H and O–H groups in total. The molecule has 2 amide bonds. The van der Waals surface area contributed by atoms with E-state index < -0.39 is 17.6 Å². The van der Waals surface area contributed by atoms with Gasteiger partial charge in [0.1, 0.15) is 17.3 Å². The lowest BCUT2D eigenvalue weighted by Crippen LogP contribution is -2.32. The molecule has 0 unspecified atom stereocenters. The number of hydrazone groups is 1. The third kappa shape index (κ3) is 5.39. The van der Waals surface area contributed by atoms with Gasteiger partial charge in [-0.3, -0.25) is 9.59 Å². The second-order valence-electron chi connectivity index (χ2n) is 6.16. The van der Waals surface area contributed by atoms with Gasteiger partial charge in [-0.25, -0.2) is 9.82 Å². The van der Waals surface area contributed by atoms with Crippen LogP contribution >= 0.6 is 0 Å². The fraction of sp³-hybridized carbons (Fsp3) is 0. The van der Waals surface area contributed by atoms with E-state index in [1.165, 1.54) is 30.3 Å². The molecule has 30 heavy (non-hydrogen) atoms. The number of nitrogens with zero attached hydrogens (tertiary/aromatic N) is 1. The maximum atomic E-state index is 13.7. The molecule has 0 aliphatic heterocycles. The predicted molar refractivity (Wildman–Crippen MR) is 112 cm³/mol. The molecule has 0 heterocycles. The second-order valence-corrected chi connectivity index (χ2v) is 6.16. The first kappa shape index (κ1) is 20.5. The minimum Gasteiger partial charge on any atom is -0.507 e. The molecule has 3 aromatic rings. The monoisotopic (exact) mass is 403 g/mol. The van der Waals surface area contributed by atoms with Crippen molar-refractivity contribution >= 4 is 24.1 Å². The topological polar surface area (TPSA) is 90.8 Å². The van der Waals surface area contributed by atoms with Crippen molar-refractivity contribution in [2.45, 2.75) is 0 Å². The first-order valence-electron chi connectivity index (χ1n) is 8.98. The fourth-order valence-corrected chi connectivity index (χ4v) is 2.51. The van der Waals surface area contributed by atoms with Gasteiger partial charge in [0.05, 0.1) is 6.21 Å². The maximum absolute atomic E-state index is 13.7. The van der Waals surface area contributed by atoms with E-state index in [4.69, 9.17) is 0 Å². The molecule has 0 fully saturated rings. The molecule has 0 bridgehead atoms. The van der Waals surface area contributed by atoms with E-state index >= 15 is 0 Å². The zero-order valence-corrected chi connectivity index (χ0v) is 15.7. The first-order chi connectivity index (χ1) is 14.5. The van der Waals surface area contributed by atoms with Gasteiger partial charge >= 0.3 is 0 Å². The SMILES string of the molecule is O=C(NN=Cc1ccccc1F)C(=Cc1ccccc1O)NC(=O)c1ccccc1. The van der Waals surface area contributed by atoms with Crippen molar-refractivity contribution in [1.82, 2.24) is 10.7 Å². The van der Waals surface area contributed by atoms with Gasteiger partial charge in [-0.05, 0) is 30.3 Å². The molecule has 7 heteroatoms. The van der Waals surface area contributed by atoms with Crippen LogP contribution in [0.1, 0.15) is 21.5 Å². The van der Waals surface area contributed by atoms with E-state index in [0.717, 1.165) is 6.21 Å². The van der Waals surface area contributed by atoms with Crippen molar-refractivity contribution in [3.8, 4) is 5.75 Å². The average Bonchev–Trinajstić information content (AvgIpc) is 2.76. The molecule has 0 radical (unpaired) electrons. The summed E-state index contributed by atoms with van der Waals surface area (Å²) in [6.07, 6.45) is 2.48. The highest BCUT2D eigenvalue weighted by atomic mass is 19.1. The normalized spacial score (nSPS) is 11.3. The Bertz CT molecular complexity index is 1110. The lowest BCUT2D eigenvalue weighted by molar-refractivity contribution is -0.117. The Kier molecular flexibility index (Phi) is 6.68. The number of rotatable bonds is 6. The van der Waals surface area contributed by atoms with Gasteiger partial charge in [-0.15, -0.1) is 0 Å². The summed E-state index contributed by atoms with van der Waals surface area (Å²) in [6.45, 7) is 0. The molecular formula is C23H18FN3O3. The quantitative estimate of drug-likeness (QED) is 0.334. The van der Waals surface area contributed by atoms with Gasteiger partial charge < -0.3 is 10.4 Å². The van der Waals surface area contributed by atoms with Crippen LogP contribution in [0.15, 0.2) is 89.7 Å². The van der Waals surface area contributed by atoms with Crippen molar-refractivity contribution in [2.24, 2.45) is 5.10 Å². The summed E-state index contributed by atoms with van der Waals surface area (Å²) in [7, 11) is 0. The van der Waals surface area contributed by atoms with Crippen molar-refractivity contribution in [3.63, 3.8) is 0 Å². The zero-order valence-electron chi connectivity index (χ0n) is 15.7. The second kappa shape index (κ2) is 9.79. The molecular weight excluding hydrogens is 385 g/mol. The third-order valence-corrected chi connectivity index (χ3v) is 4.04. The fourth-order valence-electron chi connectivity index (χ4n) is 2.51. The minimum absolute atomic E-state index is 0.0633. The van der Waals surface area contributed by atoms with Crippen LogP contribution in [0.3, 0.4) is 0 Å². The van der Waals surface area contributed by atoms with E-state index in [-0.39, 0.29) is 17.0 Å². The number of benzene rings is 3. The van der Waals surface area contributed by atoms with Gasteiger partial charge in [0.25, 0.3) is 11.8 Å². The van der Waals surface area contributed by atoms with Crippen LogP contribution in [-0.4, -0.2) is 23.1 Å². The number of halogens is 1. The molecule has 0 saturated carbocycles. The standard InChI is InChI=1S/C23H18FN3O3/c24-19-12-6-4-11-18(19)15-25-27-23(30)20(14-17-10-5-7-13-21(17)28)26-22(29)16-8-2-1-3-9-16/h1-15,28H,(H,26,29)(H,27,30). The molecule has 3 aromatic carbocycles. The van der Waals surface area contributed by atoms with Gasteiger partial charge in [0.15, 0.2) is 0 Å². The van der Waals surface area contributed by atoms with Gasteiger partial charge in [0.2, 0.25) is 0 Å². The van der Waals surface area contributed by atoms with Crippen LogP contribution in [0.5, 0.6) is 5.75 Å². The molecule has 0 aliphatic rings. The molecule has 0 atom stereocenters. The predicted octanol–water partition coefficient (Wildman–Crippen LogP) is 3.45. The summed E-state index contributed by atoms with van der Waals surface area (Å²) in [5.74, 6) is -1.80. The van der Waals surface area contributed by atoms with Crippen LogP contribution in [0.4, 0.5) is 4.39 Å². The Labute approximate surface area is 172 Å². The summed E-state index contributed by atoms with van der Waals surface area (Å²) < 4.78 is 13.7. The van der Waals surface area contributed by atoms with E-state index in [1.54, 1.807) is 54.6 Å². The molecule has 0 saturated heterocycles. The van der Waals surface area contributed by atoms with E-state index in [0.29, 0.717) is 11.1 Å². The number of carbonyl (C=O) groups is 2. The summed E-state index contributed by atoms with van der Waals surface area (Å²) in [5, 5.41) is 16.3. The number of amides is 2. The number of carbonyl (C=O) groups excluding carboxylic acids is 2. The highest BCUT2D eigenvalue weighted by Gasteiger charge is 2.15. The van der Waals surface area contributed by atoms with Crippen LogP contribution in [0.25, 0.3) is 6.08 Å². The van der Waals surface area contributed by atoms with Crippen molar-refractivity contribution in [1.29, 1.82) is 0 Å². The Morgan fingerprint density at radius 1 is 0.867 bits per heavy atom. The Hall–Kier alpha value is -4.26. The van der Waals surface area contributed by atoms with E-state index in [2.05, 4.69) is 15.8 Å². The summed E-state index contributed by atoms with van der Waals surface area (Å²) in [4.78, 5) is 25.1. The highest BCUT2D eigenvalue weighted by molar-refractivity contribution is 6.05. The minimum atomic E-state index is -0.741. The average molecular weight is 403 g/mol. The number of phenols is 1. The zero-order chi connectivity index (χ0) is 21.3. The smallest absolute Gasteiger partial charge is 0.287 e. The summed E-state index contributed by atoms with van der Waals surface area (Å²) >= 11 is 0. The number of hydrogen-bond donors (Lipinski definition) is 3. The van der Waals surface area contributed by atoms with E-state index in [1.807, 2.05) is 0 Å². The number of hydrogen-bond acceptors (Lipinski definition) is 4. The number of aromatic hydroxyl groups is 1. The van der Waals surface area contributed by atoms with Crippen molar-refractivity contribution in [2.75, 3.05) is 0 Å². The van der Waals surface area contributed by atoms with Gasteiger partial charge in [-0.1, -0.05) is 54.6 Å². The molecule has 0 spiro atoms. The van der Waals surface area contributed by atoms with Crippen molar-refractivity contribution < 1.29 is 19.1 Å². The maximum Gasteiger partial charge on any atom is 0.287 e. The lowest BCUT2D eigenvalue weighted by Gasteiger charge is -2.09. The van der Waals surface area contributed by atoms with Gasteiger partial charge in [-0.2, -0.15) is 5.10 Å². The van der Waals surface area contributed by atoms with Crippen LogP contribution in [-0.2, 0) is 4.79 Å². The highest BCUT2D eigenvalue weighted by Crippen LogP contribution is 2.18. The molecule has 6 nitrogen and oxygen atoms in total. The summed E-state index contributed by atoms with van der Waals surface area (Å²) in [5.41, 5.74) is 2.98. The number of nitrogens with one attached hydrogen (secondary N) is 2. The molecule has 0 aliphatic carbocycles. The van der Waals surface area contributed by atoms with Crippen molar-refractivity contribution in [3.05, 3.63) is 107 Å². The molecule has 3 rings (SSSR count). The first-order valence-corrected chi connectivity index (χ1v) is 8.98. The van der Waals surface area contributed by atoms with Gasteiger partial charge in [0, 0.05) is 16.7 Å². The largest absolute Gasteiger partial charge is 0.507 e. The Balaban J connectivity index is 1.83. The summed E-state index contributed by atoms with van der Waals surface area (Å²) in [6, 6.07) is 20.6. The Morgan fingerprint density at radius 2 is 1.50 bits per heavy atom. The molecule has 0 aromatic heterocycles. The number of para-hydroxylation sites is 1. The van der Waals surface area contributed by atoms with Crippen LogP contribution in [0, 0.1) is 5.82 Å². The molecule has 150 valence electrons.